The van der Waals surface area contributed by atoms with E-state index in [-0.39, 0.29) is 4.88 Å². The Hall–Kier alpha value is -0.620. The molecule has 1 heterocycles. The average Bonchev–Trinajstić information content (AvgIpc) is 2.47. The molecule has 0 radical (unpaired) electrons. The van der Waals surface area contributed by atoms with Gasteiger partial charge in [0.2, 0.25) is 5.78 Å². The van der Waals surface area contributed by atoms with Gasteiger partial charge >= 0.3 is 6.18 Å². The monoisotopic (exact) mass is 284 g/mol. The van der Waals surface area contributed by atoms with Crippen molar-refractivity contribution in [1.29, 1.82) is 0 Å². The summed E-state index contributed by atoms with van der Waals surface area (Å²) in [6.07, 6.45) is -4.66. The number of carbonyl (C=O) groups excluding carboxylic acids is 1. The van der Waals surface area contributed by atoms with E-state index in [0.29, 0.717) is 4.47 Å². The quantitative estimate of drug-likeness (QED) is 0.596. The number of carbonyl (C=O) groups is 1. The molecule has 76 valence electrons. The van der Waals surface area contributed by atoms with Gasteiger partial charge in [-0.1, -0.05) is 6.58 Å². The molecule has 1 nitrogen and oxygen atoms in total. The lowest BCUT2D eigenvalue weighted by atomic mass is 10.1. The molecule has 0 atom stereocenters. The molecule has 0 aliphatic carbocycles. The molecule has 0 aliphatic heterocycles. The predicted octanol–water partition coefficient (Wildman–Crippen LogP) is 3.81. The maximum atomic E-state index is 12.1. The van der Waals surface area contributed by atoms with E-state index in [4.69, 9.17) is 0 Å². The van der Waals surface area contributed by atoms with Gasteiger partial charge in [-0.15, -0.1) is 11.3 Å². The lowest BCUT2D eigenvalue weighted by molar-refractivity contribution is -0.0883. The van der Waals surface area contributed by atoms with Gasteiger partial charge in [-0.25, -0.2) is 0 Å². The van der Waals surface area contributed by atoms with E-state index in [2.05, 4.69) is 22.5 Å². The summed E-state index contributed by atoms with van der Waals surface area (Å²) in [5, 5.41) is 1.54. The lowest BCUT2D eigenvalue weighted by Crippen LogP contribution is -2.18. The summed E-state index contributed by atoms with van der Waals surface area (Å²) in [6, 6.07) is 1.34. The zero-order valence-corrected chi connectivity index (χ0v) is 9.09. The van der Waals surface area contributed by atoms with Crippen LogP contribution in [0.25, 0.3) is 0 Å². The van der Waals surface area contributed by atoms with E-state index < -0.39 is 17.5 Å². The number of halogens is 4. The van der Waals surface area contributed by atoms with Gasteiger partial charge in [0.05, 0.1) is 10.5 Å². The Morgan fingerprint density at radius 1 is 1.50 bits per heavy atom. The molecule has 14 heavy (non-hydrogen) atoms. The average molecular weight is 285 g/mol. The SMILES string of the molecule is C=C(C(=O)c1cc(Br)cs1)C(F)(F)F. The second-order valence-electron chi connectivity index (χ2n) is 2.43. The van der Waals surface area contributed by atoms with Crippen LogP contribution in [0.2, 0.25) is 0 Å². The Morgan fingerprint density at radius 3 is 2.43 bits per heavy atom. The number of Topliss-reactive ketones (excluding diaryl/α,β-unsaturated/α-hetero) is 1. The topological polar surface area (TPSA) is 17.1 Å². The molecular formula is C8H4BrF3OS. The minimum atomic E-state index is -4.66. The third-order valence-corrected chi connectivity index (χ3v) is 3.10. The van der Waals surface area contributed by atoms with Crippen molar-refractivity contribution >= 4 is 33.0 Å². The van der Waals surface area contributed by atoms with Gasteiger partial charge in [-0.2, -0.15) is 13.2 Å². The van der Waals surface area contributed by atoms with E-state index in [9.17, 15) is 18.0 Å². The van der Waals surface area contributed by atoms with Crippen molar-refractivity contribution in [3.05, 3.63) is 32.9 Å². The first-order chi connectivity index (χ1) is 6.32. The first-order valence-electron chi connectivity index (χ1n) is 3.37. The van der Waals surface area contributed by atoms with Crippen molar-refractivity contribution in [3.63, 3.8) is 0 Å². The Morgan fingerprint density at radius 2 is 2.07 bits per heavy atom. The Balaban J connectivity index is 2.92. The van der Waals surface area contributed by atoms with Crippen LogP contribution in [0.5, 0.6) is 0 Å². The summed E-state index contributed by atoms with van der Waals surface area (Å²) in [5.74, 6) is -1.08. The first-order valence-corrected chi connectivity index (χ1v) is 5.04. The normalized spacial score (nSPS) is 11.4. The second kappa shape index (κ2) is 3.86. The minimum absolute atomic E-state index is 0.0270. The van der Waals surface area contributed by atoms with E-state index in [1.54, 1.807) is 0 Å². The van der Waals surface area contributed by atoms with Crippen LogP contribution in [0.1, 0.15) is 9.67 Å². The van der Waals surface area contributed by atoms with Crippen LogP contribution in [0.4, 0.5) is 13.2 Å². The summed E-state index contributed by atoms with van der Waals surface area (Å²) in [5.41, 5.74) is -1.34. The van der Waals surface area contributed by atoms with Gasteiger partial charge in [0.1, 0.15) is 0 Å². The highest BCUT2D eigenvalue weighted by Crippen LogP contribution is 2.29. The highest BCUT2D eigenvalue weighted by Gasteiger charge is 2.37. The highest BCUT2D eigenvalue weighted by atomic mass is 79.9. The molecule has 0 aliphatic rings. The van der Waals surface area contributed by atoms with Crippen LogP contribution in [-0.4, -0.2) is 12.0 Å². The fourth-order valence-corrected chi connectivity index (χ4v) is 2.10. The molecular weight excluding hydrogens is 281 g/mol. The van der Waals surface area contributed by atoms with Crippen molar-refractivity contribution in [1.82, 2.24) is 0 Å². The third kappa shape index (κ3) is 2.45. The Bertz CT molecular complexity index is 380. The van der Waals surface area contributed by atoms with Gasteiger partial charge in [0.25, 0.3) is 0 Å². The predicted molar refractivity (Wildman–Crippen MR) is 51.5 cm³/mol. The largest absolute Gasteiger partial charge is 0.419 e. The maximum absolute atomic E-state index is 12.1. The first kappa shape index (κ1) is 11.5. The summed E-state index contributed by atoms with van der Waals surface area (Å²) < 4.78 is 36.8. The number of thiophene rings is 1. The highest BCUT2D eigenvalue weighted by molar-refractivity contribution is 9.10. The standard InChI is InChI=1S/C8H4BrF3OS/c1-4(8(10,11)12)7(13)6-2-5(9)3-14-6/h2-3H,1H2. The molecule has 6 heteroatoms. The van der Waals surface area contributed by atoms with Crippen molar-refractivity contribution in [2.24, 2.45) is 0 Å². The van der Waals surface area contributed by atoms with Crippen molar-refractivity contribution in [3.8, 4) is 0 Å². The van der Waals surface area contributed by atoms with Crippen LogP contribution < -0.4 is 0 Å². The van der Waals surface area contributed by atoms with E-state index >= 15 is 0 Å². The molecule has 0 saturated carbocycles. The van der Waals surface area contributed by atoms with Crippen molar-refractivity contribution in [2.45, 2.75) is 6.18 Å². The number of hydrogen-bond acceptors (Lipinski definition) is 2. The Kier molecular flexibility index (Phi) is 3.16. The van der Waals surface area contributed by atoms with Crippen LogP contribution in [-0.2, 0) is 0 Å². The third-order valence-electron chi connectivity index (χ3n) is 1.41. The van der Waals surface area contributed by atoms with E-state index in [1.165, 1.54) is 11.4 Å². The van der Waals surface area contributed by atoms with Gasteiger partial charge < -0.3 is 0 Å². The molecule has 1 aromatic rings. The molecule has 1 aromatic heterocycles. The van der Waals surface area contributed by atoms with Crippen LogP contribution >= 0.6 is 27.3 Å². The summed E-state index contributed by atoms with van der Waals surface area (Å²) in [6.45, 7) is 2.73. The van der Waals surface area contributed by atoms with Crippen LogP contribution in [0.15, 0.2) is 28.1 Å². The molecule has 0 bridgehead atoms. The zero-order chi connectivity index (χ0) is 10.9. The number of ketones is 1. The fourth-order valence-electron chi connectivity index (χ4n) is 0.710. The second-order valence-corrected chi connectivity index (χ2v) is 4.26. The Labute approximate surface area is 90.4 Å². The van der Waals surface area contributed by atoms with Gasteiger partial charge in [-0.05, 0) is 22.0 Å². The molecule has 0 saturated heterocycles. The number of hydrogen-bond donors (Lipinski definition) is 0. The number of allylic oxidation sites excluding steroid dienone is 1. The molecule has 0 spiro atoms. The van der Waals surface area contributed by atoms with Crippen molar-refractivity contribution in [2.75, 3.05) is 0 Å². The van der Waals surface area contributed by atoms with Crippen LogP contribution in [0.3, 0.4) is 0 Å². The van der Waals surface area contributed by atoms with Gasteiger partial charge in [-0.3, -0.25) is 4.79 Å². The summed E-state index contributed by atoms with van der Waals surface area (Å²) >= 11 is 3.99. The number of alkyl halides is 3. The van der Waals surface area contributed by atoms with Gasteiger partial charge in [0.15, 0.2) is 0 Å². The van der Waals surface area contributed by atoms with Gasteiger partial charge in [0, 0.05) is 9.85 Å². The fraction of sp³-hybridized carbons (Fsp3) is 0.125. The van der Waals surface area contributed by atoms with E-state index in [0.717, 1.165) is 11.3 Å². The minimum Gasteiger partial charge on any atom is -0.288 e. The number of rotatable bonds is 2. The maximum Gasteiger partial charge on any atom is 0.419 e. The summed E-state index contributed by atoms with van der Waals surface area (Å²) in [7, 11) is 0. The molecule has 1 rings (SSSR count). The van der Waals surface area contributed by atoms with Crippen LogP contribution in [0, 0.1) is 0 Å². The lowest BCUT2D eigenvalue weighted by Gasteiger charge is -2.06. The molecule has 0 amide bonds. The molecule has 0 N–H and O–H groups in total. The smallest absolute Gasteiger partial charge is 0.288 e. The summed E-state index contributed by atoms with van der Waals surface area (Å²) in [4.78, 5) is 11.2. The zero-order valence-electron chi connectivity index (χ0n) is 6.69. The van der Waals surface area contributed by atoms with E-state index in [1.807, 2.05) is 0 Å². The molecule has 0 aromatic carbocycles. The van der Waals surface area contributed by atoms with Crippen molar-refractivity contribution < 1.29 is 18.0 Å². The molecule has 0 unspecified atom stereocenters. The molecule has 0 fully saturated rings.